The first kappa shape index (κ1) is 24.0. The molecule has 1 amide bonds. The molecule has 3 aromatic heterocycles. The van der Waals surface area contributed by atoms with Gasteiger partial charge in [-0.2, -0.15) is 5.10 Å². The monoisotopic (exact) mass is 500 g/mol. The number of piperidine rings is 1. The first-order chi connectivity index (χ1) is 17.7. The quantitative estimate of drug-likeness (QED) is 0.428. The van der Waals surface area contributed by atoms with E-state index in [9.17, 15) is 9.90 Å². The number of benzene rings is 1. The van der Waals surface area contributed by atoms with Crippen molar-refractivity contribution in [3.8, 4) is 0 Å². The number of aromatic amines is 1. The second-order valence-electron chi connectivity index (χ2n) is 11.2. The van der Waals surface area contributed by atoms with Gasteiger partial charge >= 0.3 is 0 Å². The van der Waals surface area contributed by atoms with Crippen molar-refractivity contribution in [2.45, 2.75) is 66.0 Å². The number of hydrogen-bond donors (Lipinski definition) is 2. The normalized spacial score (nSPS) is 22.5. The third-order valence-corrected chi connectivity index (χ3v) is 8.44. The van der Waals surface area contributed by atoms with E-state index >= 15 is 0 Å². The molecule has 0 spiro atoms. The van der Waals surface area contributed by atoms with E-state index in [0.717, 1.165) is 70.6 Å². The molecule has 6 rings (SSSR count). The predicted molar refractivity (Wildman–Crippen MR) is 145 cm³/mol. The number of hydrogen-bond acceptors (Lipinski definition) is 5. The van der Waals surface area contributed by atoms with Crippen LogP contribution in [0.15, 0.2) is 24.4 Å². The summed E-state index contributed by atoms with van der Waals surface area (Å²) in [5, 5.41) is 16.3. The summed E-state index contributed by atoms with van der Waals surface area (Å²) in [6, 6.07) is 6.17. The Hall–Kier alpha value is -3.39. The highest BCUT2D eigenvalue weighted by Gasteiger charge is 2.33. The second-order valence-corrected chi connectivity index (χ2v) is 11.2. The van der Waals surface area contributed by atoms with Crippen molar-refractivity contribution in [1.82, 2.24) is 24.5 Å². The number of nitrogens with one attached hydrogen (secondary N) is 1. The van der Waals surface area contributed by atoms with Crippen molar-refractivity contribution in [3.05, 3.63) is 58.0 Å². The van der Waals surface area contributed by atoms with Gasteiger partial charge in [-0.1, -0.05) is 19.1 Å². The van der Waals surface area contributed by atoms with Crippen LogP contribution in [0.5, 0.6) is 0 Å². The summed E-state index contributed by atoms with van der Waals surface area (Å²) < 4.78 is 1.84. The number of aryl methyl sites for hydroxylation is 4. The minimum atomic E-state index is -0.333. The second kappa shape index (κ2) is 8.87. The van der Waals surface area contributed by atoms with Crippen LogP contribution in [0.3, 0.4) is 0 Å². The maximum absolute atomic E-state index is 14.0. The summed E-state index contributed by atoms with van der Waals surface area (Å²) in [6.45, 7) is 12.4. The molecule has 0 saturated carbocycles. The molecule has 0 bridgehead atoms. The molecule has 2 N–H and O–H groups in total. The Bertz CT molecular complexity index is 1510. The van der Waals surface area contributed by atoms with Crippen LogP contribution in [0.1, 0.15) is 70.7 Å². The lowest BCUT2D eigenvalue weighted by atomic mass is 9.98. The fourth-order valence-electron chi connectivity index (χ4n) is 6.26. The number of carbonyl (C=O) groups is 1. The molecule has 0 aliphatic carbocycles. The molecule has 194 valence electrons. The first-order valence-corrected chi connectivity index (χ1v) is 13.4. The maximum Gasteiger partial charge on any atom is 0.271 e. The number of aromatic nitrogens is 4. The van der Waals surface area contributed by atoms with Crippen LogP contribution in [0.4, 0.5) is 5.82 Å². The van der Waals surface area contributed by atoms with E-state index in [1.807, 2.05) is 35.5 Å². The molecule has 4 aromatic rings. The van der Waals surface area contributed by atoms with Gasteiger partial charge in [-0.05, 0) is 63.6 Å². The number of aliphatic hydroxyl groups is 1. The number of amides is 1. The summed E-state index contributed by atoms with van der Waals surface area (Å²) in [5.74, 6) is 1.16. The number of fused-ring (bicyclic) bond motifs is 2. The first-order valence-electron chi connectivity index (χ1n) is 13.4. The Morgan fingerprint density at radius 3 is 2.59 bits per heavy atom. The molecule has 3 unspecified atom stereocenters. The zero-order valence-corrected chi connectivity index (χ0v) is 22.4. The highest BCUT2D eigenvalue weighted by Crippen LogP contribution is 2.35. The topological polar surface area (TPSA) is 89.8 Å². The van der Waals surface area contributed by atoms with E-state index < -0.39 is 0 Å². The third kappa shape index (κ3) is 3.89. The zero-order chi connectivity index (χ0) is 26.0. The summed E-state index contributed by atoms with van der Waals surface area (Å²) in [7, 11) is 0. The van der Waals surface area contributed by atoms with Crippen LogP contribution in [0.25, 0.3) is 16.6 Å². The largest absolute Gasteiger partial charge is 0.391 e. The number of H-pyrrole nitrogens is 1. The lowest BCUT2D eigenvalue weighted by molar-refractivity contribution is 0.0600. The molecule has 1 aromatic carbocycles. The maximum atomic E-state index is 14.0. The van der Waals surface area contributed by atoms with Gasteiger partial charge in [-0.3, -0.25) is 4.79 Å². The number of carbonyl (C=O) groups excluding carboxylic acids is 1. The number of aliphatic hydroxyl groups excluding tert-OH is 1. The molecular weight excluding hydrogens is 464 g/mol. The lowest BCUT2D eigenvalue weighted by Crippen LogP contribution is -2.39. The Morgan fingerprint density at radius 2 is 1.86 bits per heavy atom. The van der Waals surface area contributed by atoms with Crippen LogP contribution in [0, 0.1) is 33.6 Å². The van der Waals surface area contributed by atoms with Gasteiger partial charge in [0.1, 0.15) is 11.5 Å². The standard InChI is InChI=1S/C29H36N6O2/c1-16-9-10-17(2)26-25(16)20(5)27(31-26)29(37)34-11-7-6-8-22(34)21-12-24-30-28(19(4)14-35(24)32-21)33-13-18(3)23(36)15-33/h9-10,12,14,18,22-23,31,36H,6-8,11,13,15H2,1-5H3. The van der Waals surface area contributed by atoms with E-state index in [1.165, 1.54) is 5.56 Å². The molecule has 37 heavy (non-hydrogen) atoms. The molecule has 2 saturated heterocycles. The molecule has 8 heteroatoms. The predicted octanol–water partition coefficient (Wildman–Crippen LogP) is 4.63. The van der Waals surface area contributed by atoms with Crippen LogP contribution in [-0.2, 0) is 0 Å². The minimum Gasteiger partial charge on any atom is -0.391 e. The average Bonchev–Trinajstić information content (AvgIpc) is 3.55. The van der Waals surface area contributed by atoms with Gasteiger partial charge in [0.05, 0.1) is 17.8 Å². The Labute approximate surface area is 217 Å². The smallest absolute Gasteiger partial charge is 0.271 e. The molecule has 0 radical (unpaired) electrons. The lowest BCUT2D eigenvalue weighted by Gasteiger charge is -2.34. The van der Waals surface area contributed by atoms with Gasteiger partial charge in [0.25, 0.3) is 5.91 Å². The van der Waals surface area contributed by atoms with Crippen molar-refractivity contribution < 1.29 is 9.90 Å². The van der Waals surface area contributed by atoms with Crippen LogP contribution in [0.2, 0.25) is 0 Å². The molecule has 2 aliphatic heterocycles. The van der Waals surface area contributed by atoms with Gasteiger partial charge in [0, 0.05) is 54.3 Å². The minimum absolute atomic E-state index is 0.0409. The Balaban J connectivity index is 1.35. The molecule has 8 nitrogen and oxygen atoms in total. The van der Waals surface area contributed by atoms with Crippen LogP contribution < -0.4 is 4.90 Å². The summed E-state index contributed by atoms with van der Waals surface area (Å²) >= 11 is 0. The molecule has 2 aliphatic rings. The van der Waals surface area contributed by atoms with E-state index in [4.69, 9.17) is 10.1 Å². The van der Waals surface area contributed by atoms with Crippen molar-refractivity contribution in [3.63, 3.8) is 0 Å². The highest BCUT2D eigenvalue weighted by molar-refractivity contribution is 6.02. The number of anilines is 1. The third-order valence-electron chi connectivity index (χ3n) is 8.44. The fraction of sp³-hybridized carbons (Fsp3) is 0.483. The summed E-state index contributed by atoms with van der Waals surface area (Å²) in [6.07, 6.45) is 4.62. The number of rotatable bonds is 3. The van der Waals surface area contributed by atoms with E-state index in [1.54, 1.807) is 0 Å². The van der Waals surface area contributed by atoms with Gasteiger partial charge in [0.2, 0.25) is 0 Å². The van der Waals surface area contributed by atoms with Gasteiger partial charge in [-0.25, -0.2) is 9.50 Å². The number of nitrogens with zero attached hydrogens (tertiary/aromatic N) is 5. The SMILES string of the molecule is Cc1cn2nc(C3CCCCN3C(=O)c3[nH]c4c(C)ccc(C)c4c3C)cc2nc1N1CC(C)C(O)C1. The zero-order valence-electron chi connectivity index (χ0n) is 22.4. The molecule has 2 fully saturated rings. The number of β-amino-alcohol motifs (C(OH)–C–C–N with tert-alkyl or cyclic N) is 1. The van der Waals surface area contributed by atoms with Gasteiger partial charge in [-0.15, -0.1) is 0 Å². The Morgan fingerprint density at radius 1 is 1.08 bits per heavy atom. The average molecular weight is 501 g/mol. The van der Waals surface area contributed by atoms with Crippen molar-refractivity contribution >= 4 is 28.3 Å². The van der Waals surface area contributed by atoms with E-state index in [-0.39, 0.29) is 24.0 Å². The molecule has 3 atom stereocenters. The van der Waals surface area contributed by atoms with Crippen LogP contribution in [-0.4, -0.2) is 61.2 Å². The van der Waals surface area contributed by atoms with E-state index in [2.05, 4.69) is 42.8 Å². The highest BCUT2D eigenvalue weighted by atomic mass is 16.3. The molecular formula is C29H36N6O2. The van der Waals surface area contributed by atoms with Crippen molar-refractivity contribution in [2.75, 3.05) is 24.5 Å². The van der Waals surface area contributed by atoms with Crippen molar-refractivity contribution in [1.29, 1.82) is 0 Å². The van der Waals surface area contributed by atoms with E-state index in [0.29, 0.717) is 18.8 Å². The Kier molecular flexibility index (Phi) is 5.75. The van der Waals surface area contributed by atoms with Gasteiger partial charge < -0.3 is 19.9 Å². The van der Waals surface area contributed by atoms with Crippen LogP contribution >= 0.6 is 0 Å². The summed E-state index contributed by atoms with van der Waals surface area (Å²) in [4.78, 5) is 26.5. The summed E-state index contributed by atoms with van der Waals surface area (Å²) in [5.41, 5.74) is 7.76. The van der Waals surface area contributed by atoms with Crippen molar-refractivity contribution in [2.24, 2.45) is 5.92 Å². The fourth-order valence-corrected chi connectivity index (χ4v) is 6.26. The number of likely N-dealkylation sites (tertiary alicyclic amines) is 1. The van der Waals surface area contributed by atoms with Gasteiger partial charge in [0.15, 0.2) is 5.65 Å². The molecule has 5 heterocycles.